The molecule has 2 aromatic carbocycles. The second kappa shape index (κ2) is 9.89. The van der Waals surface area contributed by atoms with Crippen LogP contribution in [0.5, 0.6) is 0 Å². The van der Waals surface area contributed by atoms with Gasteiger partial charge in [0, 0.05) is 35.3 Å². The fraction of sp³-hybridized carbons (Fsp3) is 0.0417. The van der Waals surface area contributed by atoms with E-state index in [-0.39, 0.29) is 0 Å². The van der Waals surface area contributed by atoms with Gasteiger partial charge in [-0.25, -0.2) is 9.59 Å². The van der Waals surface area contributed by atoms with E-state index in [0.29, 0.717) is 18.7 Å². The van der Waals surface area contributed by atoms with Crippen LogP contribution in [-0.4, -0.2) is 38.4 Å². The summed E-state index contributed by atoms with van der Waals surface area (Å²) in [5.41, 5.74) is 3.46. The standard InChI is InChI=1S/C20H17N3.C4H4O4/c1-2-15-22(16-11-13-21-14-12-16)23-19-9-5-3-7-17(19)18-8-4-6-10-20(18)23;5-3(6)1-2-4(7)8/h2-14H,1,15H2;1-2H,(H,5,6)(H,7,8). The topological polar surface area (TPSA) is 95.7 Å². The molecule has 4 aromatic rings. The fourth-order valence-corrected chi connectivity index (χ4v) is 3.25. The van der Waals surface area contributed by atoms with E-state index in [2.05, 4.69) is 69.8 Å². The van der Waals surface area contributed by atoms with Gasteiger partial charge in [0.15, 0.2) is 0 Å². The largest absolute Gasteiger partial charge is 0.478 e. The van der Waals surface area contributed by atoms with Gasteiger partial charge in [0.1, 0.15) is 0 Å². The Labute approximate surface area is 178 Å². The lowest BCUT2D eigenvalue weighted by atomic mass is 10.2. The Morgan fingerprint density at radius 2 is 1.35 bits per heavy atom. The van der Waals surface area contributed by atoms with Gasteiger partial charge in [-0.15, -0.1) is 6.58 Å². The van der Waals surface area contributed by atoms with Crippen molar-refractivity contribution in [3.05, 3.63) is 97.9 Å². The number of para-hydroxylation sites is 2. The molecule has 7 nitrogen and oxygen atoms in total. The van der Waals surface area contributed by atoms with E-state index >= 15 is 0 Å². The summed E-state index contributed by atoms with van der Waals surface area (Å²) in [6, 6.07) is 21.0. The molecule has 0 aliphatic heterocycles. The maximum Gasteiger partial charge on any atom is 0.328 e. The number of aliphatic carboxylic acids is 2. The zero-order valence-electron chi connectivity index (χ0n) is 16.6. The third-order valence-corrected chi connectivity index (χ3v) is 4.43. The second-order valence-electron chi connectivity index (χ2n) is 6.43. The first-order chi connectivity index (χ1) is 15.0. The third kappa shape index (κ3) is 4.97. The number of pyridine rings is 1. The Balaban J connectivity index is 0.000000293. The van der Waals surface area contributed by atoms with E-state index in [1.165, 1.54) is 21.8 Å². The molecule has 0 saturated carbocycles. The first kappa shape index (κ1) is 21.3. The maximum atomic E-state index is 9.55. The fourth-order valence-electron chi connectivity index (χ4n) is 3.25. The van der Waals surface area contributed by atoms with Crippen LogP contribution in [0.4, 0.5) is 5.69 Å². The van der Waals surface area contributed by atoms with Gasteiger partial charge < -0.3 is 10.2 Å². The van der Waals surface area contributed by atoms with Gasteiger partial charge in [-0.2, -0.15) is 0 Å². The number of carbonyl (C=O) groups is 2. The molecule has 0 aliphatic carbocycles. The molecule has 31 heavy (non-hydrogen) atoms. The molecule has 0 fully saturated rings. The van der Waals surface area contributed by atoms with Crippen LogP contribution in [0.25, 0.3) is 21.8 Å². The van der Waals surface area contributed by atoms with Crippen LogP contribution in [-0.2, 0) is 9.59 Å². The van der Waals surface area contributed by atoms with Crippen LogP contribution < -0.4 is 5.01 Å². The molecular weight excluding hydrogens is 394 g/mol. The zero-order valence-corrected chi connectivity index (χ0v) is 16.6. The summed E-state index contributed by atoms with van der Waals surface area (Å²) in [6.07, 6.45) is 6.67. The van der Waals surface area contributed by atoms with E-state index in [9.17, 15) is 9.59 Å². The smallest absolute Gasteiger partial charge is 0.328 e. The van der Waals surface area contributed by atoms with Crippen molar-refractivity contribution in [2.45, 2.75) is 0 Å². The Bertz CT molecular complexity index is 1180. The molecular formula is C24H21N3O4. The SMILES string of the molecule is C=CCN(c1ccncc1)n1c2ccccc2c2ccccc21.O=C(O)C=CC(=O)O. The monoisotopic (exact) mass is 415 g/mol. The normalized spacial score (nSPS) is 10.6. The summed E-state index contributed by atoms with van der Waals surface area (Å²) in [5, 5.41) is 20.4. The van der Waals surface area contributed by atoms with E-state index in [0.717, 1.165) is 5.69 Å². The highest BCUT2D eigenvalue weighted by atomic mass is 16.4. The Hall–Kier alpha value is -4.39. The number of hydrogen-bond donors (Lipinski definition) is 2. The van der Waals surface area contributed by atoms with Gasteiger partial charge in [0.25, 0.3) is 0 Å². The van der Waals surface area contributed by atoms with Crippen molar-refractivity contribution in [3.8, 4) is 0 Å². The molecule has 0 bridgehead atoms. The summed E-state index contributed by atoms with van der Waals surface area (Å²) >= 11 is 0. The highest BCUT2D eigenvalue weighted by Crippen LogP contribution is 2.31. The molecule has 2 aromatic heterocycles. The summed E-state index contributed by atoms with van der Waals surface area (Å²) in [5.74, 6) is -2.51. The molecule has 0 saturated heterocycles. The van der Waals surface area contributed by atoms with E-state index < -0.39 is 11.9 Å². The summed E-state index contributed by atoms with van der Waals surface area (Å²) < 4.78 is 2.27. The summed E-state index contributed by atoms with van der Waals surface area (Å²) in [7, 11) is 0. The van der Waals surface area contributed by atoms with Crippen molar-refractivity contribution in [2.24, 2.45) is 0 Å². The average molecular weight is 415 g/mol. The van der Waals surface area contributed by atoms with Crippen LogP contribution in [0, 0.1) is 0 Å². The molecule has 0 radical (unpaired) electrons. The minimum absolute atomic E-state index is 0.558. The van der Waals surface area contributed by atoms with Crippen molar-refractivity contribution in [2.75, 3.05) is 11.6 Å². The highest BCUT2D eigenvalue weighted by molar-refractivity contribution is 6.08. The molecule has 0 atom stereocenters. The lowest BCUT2D eigenvalue weighted by Gasteiger charge is -2.26. The van der Waals surface area contributed by atoms with Gasteiger partial charge in [0.2, 0.25) is 0 Å². The number of carboxylic acid groups (broad SMARTS) is 2. The van der Waals surface area contributed by atoms with Gasteiger partial charge >= 0.3 is 11.9 Å². The van der Waals surface area contributed by atoms with Gasteiger partial charge in [-0.1, -0.05) is 42.5 Å². The van der Waals surface area contributed by atoms with Crippen LogP contribution >= 0.6 is 0 Å². The first-order valence-electron chi connectivity index (χ1n) is 9.43. The van der Waals surface area contributed by atoms with Gasteiger partial charge in [-0.3, -0.25) is 14.7 Å². The van der Waals surface area contributed by atoms with Crippen LogP contribution in [0.2, 0.25) is 0 Å². The molecule has 0 amide bonds. The number of benzene rings is 2. The van der Waals surface area contributed by atoms with Crippen LogP contribution in [0.3, 0.4) is 0 Å². The molecule has 0 unspecified atom stereocenters. The highest BCUT2D eigenvalue weighted by Gasteiger charge is 2.15. The number of carboxylic acids is 2. The average Bonchev–Trinajstić information content (AvgIpc) is 3.11. The molecule has 4 rings (SSSR count). The number of nitrogens with zero attached hydrogens (tertiary/aromatic N) is 3. The van der Waals surface area contributed by atoms with Crippen LogP contribution in [0.1, 0.15) is 0 Å². The number of hydrogen-bond acceptors (Lipinski definition) is 4. The number of rotatable bonds is 6. The van der Waals surface area contributed by atoms with E-state index in [4.69, 9.17) is 10.2 Å². The third-order valence-electron chi connectivity index (χ3n) is 4.43. The molecule has 7 heteroatoms. The lowest BCUT2D eigenvalue weighted by Crippen LogP contribution is -2.29. The lowest BCUT2D eigenvalue weighted by molar-refractivity contribution is -0.134. The molecule has 156 valence electrons. The number of fused-ring (bicyclic) bond motifs is 3. The predicted octanol–water partition coefficient (Wildman–Crippen LogP) is 4.36. The minimum Gasteiger partial charge on any atom is -0.478 e. The molecule has 0 aliphatic rings. The number of anilines is 1. The quantitative estimate of drug-likeness (QED) is 0.359. The zero-order chi connectivity index (χ0) is 22.2. The van der Waals surface area contributed by atoms with Crippen molar-refractivity contribution >= 4 is 39.4 Å². The Kier molecular flexibility index (Phi) is 6.80. The number of aromatic nitrogens is 2. The Morgan fingerprint density at radius 1 is 0.871 bits per heavy atom. The van der Waals surface area contributed by atoms with Crippen molar-refractivity contribution in [1.82, 2.24) is 9.66 Å². The molecule has 2 N–H and O–H groups in total. The van der Waals surface area contributed by atoms with Crippen LogP contribution in [0.15, 0.2) is 97.9 Å². The second-order valence-corrected chi connectivity index (χ2v) is 6.43. The summed E-state index contributed by atoms with van der Waals surface area (Å²) in [6.45, 7) is 4.64. The first-order valence-corrected chi connectivity index (χ1v) is 9.43. The Morgan fingerprint density at radius 3 is 1.81 bits per heavy atom. The van der Waals surface area contributed by atoms with E-state index in [1.807, 2.05) is 30.6 Å². The predicted molar refractivity (Wildman–Crippen MR) is 121 cm³/mol. The molecule has 0 spiro atoms. The van der Waals surface area contributed by atoms with Gasteiger partial charge in [-0.05, 0) is 24.3 Å². The summed E-state index contributed by atoms with van der Waals surface area (Å²) in [4.78, 5) is 23.2. The maximum absolute atomic E-state index is 9.55. The minimum atomic E-state index is -1.26. The van der Waals surface area contributed by atoms with Gasteiger partial charge in [0.05, 0.1) is 23.3 Å². The van der Waals surface area contributed by atoms with Crippen molar-refractivity contribution in [1.29, 1.82) is 0 Å². The van der Waals surface area contributed by atoms with E-state index in [1.54, 1.807) is 0 Å². The molecule has 2 heterocycles. The van der Waals surface area contributed by atoms with Crippen molar-refractivity contribution in [3.63, 3.8) is 0 Å². The van der Waals surface area contributed by atoms with Crippen molar-refractivity contribution < 1.29 is 19.8 Å².